The zero-order valence-electron chi connectivity index (χ0n) is 13.0. The second-order valence-electron chi connectivity index (χ2n) is 5.29. The Morgan fingerprint density at radius 3 is 2.70 bits per heavy atom. The average molecular weight is 320 g/mol. The van der Waals surface area contributed by atoms with Gasteiger partial charge in [-0.25, -0.2) is 18.7 Å². The fraction of sp³-hybridized carbons (Fsp3) is 0.400. The van der Waals surface area contributed by atoms with Crippen molar-refractivity contribution < 1.29 is 8.78 Å². The maximum atomic E-state index is 14.0. The Hall–Kier alpha value is -2.35. The van der Waals surface area contributed by atoms with E-state index in [-0.39, 0.29) is 5.52 Å². The van der Waals surface area contributed by atoms with E-state index < -0.39 is 11.6 Å². The molecule has 0 aliphatic heterocycles. The van der Waals surface area contributed by atoms with Crippen molar-refractivity contribution in [1.82, 2.24) is 24.9 Å². The van der Waals surface area contributed by atoms with Crippen LogP contribution in [0.25, 0.3) is 16.6 Å². The van der Waals surface area contributed by atoms with Crippen molar-refractivity contribution in [1.29, 1.82) is 0 Å². The normalized spacial score (nSPS) is 11.5. The van der Waals surface area contributed by atoms with Gasteiger partial charge in [-0.2, -0.15) is 4.52 Å². The number of aryl methyl sites for hydroxylation is 1. The van der Waals surface area contributed by atoms with Crippen LogP contribution in [0.2, 0.25) is 0 Å². The summed E-state index contributed by atoms with van der Waals surface area (Å²) >= 11 is 0. The molecule has 23 heavy (non-hydrogen) atoms. The van der Waals surface area contributed by atoms with Crippen LogP contribution in [0.3, 0.4) is 0 Å². The summed E-state index contributed by atoms with van der Waals surface area (Å²) in [6.45, 7) is 0.927. The van der Waals surface area contributed by atoms with Crippen molar-refractivity contribution in [3.8, 4) is 0 Å². The molecule has 122 valence electrons. The quantitative estimate of drug-likeness (QED) is 0.681. The van der Waals surface area contributed by atoms with Crippen LogP contribution in [0.1, 0.15) is 18.7 Å². The minimum absolute atomic E-state index is 0.0809. The number of halogens is 2. The van der Waals surface area contributed by atoms with Crippen LogP contribution in [0.5, 0.6) is 0 Å². The molecule has 0 spiro atoms. The second kappa shape index (κ2) is 6.41. The lowest BCUT2D eigenvalue weighted by Gasteiger charge is -2.06. The third-order valence-electron chi connectivity index (χ3n) is 3.64. The highest BCUT2D eigenvalue weighted by molar-refractivity contribution is 5.92. The van der Waals surface area contributed by atoms with Gasteiger partial charge in [0.25, 0.3) is 0 Å². The number of anilines is 1. The van der Waals surface area contributed by atoms with Crippen LogP contribution in [0.4, 0.5) is 14.7 Å². The number of benzene rings is 1. The molecule has 0 aliphatic rings. The van der Waals surface area contributed by atoms with E-state index in [2.05, 4.69) is 25.7 Å². The summed E-state index contributed by atoms with van der Waals surface area (Å²) in [5, 5.41) is 10.7. The summed E-state index contributed by atoms with van der Waals surface area (Å²) in [5.74, 6) is -0.365. The zero-order chi connectivity index (χ0) is 16.4. The van der Waals surface area contributed by atoms with Gasteiger partial charge in [-0.3, -0.25) is 0 Å². The minimum atomic E-state index is -0.711. The number of nitrogens with zero attached hydrogens (tertiary/aromatic N) is 4. The summed E-state index contributed by atoms with van der Waals surface area (Å²) in [7, 11) is 3.58. The Morgan fingerprint density at radius 2 is 1.96 bits per heavy atom. The topological polar surface area (TPSA) is 67.1 Å². The number of nitrogens with one attached hydrogen (secondary N) is 2. The van der Waals surface area contributed by atoms with Crippen LogP contribution in [0, 0.1) is 11.6 Å². The molecule has 2 aromatic heterocycles. The molecule has 0 fully saturated rings. The van der Waals surface area contributed by atoms with Gasteiger partial charge in [0.1, 0.15) is 11.3 Å². The third kappa shape index (κ3) is 2.94. The Balaban J connectivity index is 2.09. The van der Waals surface area contributed by atoms with Crippen molar-refractivity contribution in [2.45, 2.75) is 19.3 Å². The molecule has 1 aromatic carbocycles. The van der Waals surface area contributed by atoms with E-state index in [0.29, 0.717) is 29.2 Å². The summed E-state index contributed by atoms with van der Waals surface area (Å²) < 4.78 is 29.0. The molecule has 3 aromatic rings. The lowest BCUT2D eigenvalue weighted by Crippen LogP contribution is -2.07. The molecule has 0 aliphatic carbocycles. The van der Waals surface area contributed by atoms with E-state index in [1.54, 1.807) is 7.05 Å². The maximum Gasteiger partial charge on any atom is 0.226 e. The Bertz CT molecular complexity index is 845. The first kappa shape index (κ1) is 15.5. The molecular weight excluding hydrogens is 302 g/mol. The smallest absolute Gasteiger partial charge is 0.226 e. The number of hydrogen-bond donors (Lipinski definition) is 2. The Labute approximate surface area is 131 Å². The van der Waals surface area contributed by atoms with E-state index in [4.69, 9.17) is 0 Å². The van der Waals surface area contributed by atoms with Crippen molar-refractivity contribution in [3.63, 3.8) is 0 Å². The van der Waals surface area contributed by atoms with E-state index in [1.807, 2.05) is 7.05 Å². The average Bonchev–Trinajstić information content (AvgIpc) is 2.95. The molecule has 0 saturated carbocycles. The van der Waals surface area contributed by atoms with Crippen molar-refractivity contribution in [2.24, 2.45) is 0 Å². The summed E-state index contributed by atoms with van der Waals surface area (Å²) in [4.78, 5) is 8.63. The highest BCUT2D eigenvalue weighted by Gasteiger charge is 2.16. The monoisotopic (exact) mass is 320 g/mol. The standard InChI is InChI=1S/C15H18F2N6/c1-18-6-4-3-5-12-20-14-10-7-9(16)8-11(17)13(10)21-15(19-2)23(14)22-12/h7-8,18H,3-6H2,1-2H3,(H,19,21). The van der Waals surface area contributed by atoms with Gasteiger partial charge >= 0.3 is 0 Å². The van der Waals surface area contributed by atoms with Crippen molar-refractivity contribution >= 4 is 22.5 Å². The molecule has 0 amide bonds. The summed E-state index contributed by atoms with van der Waals surface area (Å²) in [6, 6.07) is 2.06. The largest absolute Gasteiger partial charge is 0.357 e. The van der Waals surface area contributed by atoms with Crippen LogP contribution < -0.4 is 10.6 Å². The zero-order valence-corrected chi connectivity index (χ0v) is 13.0. The predicted octanol–water partition coefficient (Wildman–Crippen LogP) is 2.14. The highest BCUT2D eigenvalue weighted by atomic mass is 19.1. The molecular formula is C15H18F2N6. The molecule has 0 radical (unpaired) electrons. The first-order chi connectivity index (χ1) is 11.1. The van der Waals surface area contributed by atoms with E-state index in [1.165, 1.54) is 10.6 Å². The number of rotatable bonds is 6. The van der Waals surface area contributed by atoms with E-state index >= 15 is 0 Å². The third-order valence-corrected chi connectivity index (χ3v) is 3.64. The number of aromatic nitrogens is 4. The van der Waals surface area contributed by atoms with Crippen LogP contribution >= 0.6 is 0 Å². The van der Waals surface area contributed by atoms with Crippen LogP contribution in [0.15, 0.2) is 12.1 Å². The van der Waals surface area contributed by atoms with Gasteiger partial charge in [0, 0.05) is 19.5 Å². The molecule has 0 bridgehead atoms. The van der Waals surface area contributed by atoms with E-state index in [0.717, 1.165) is 25.5 Å². The first-order valence-electron chi connectivity index (χ1n) is 7.51. The fourth-order valence-corrected chi connectivity index (χ4v) is 2.53. The lowest BCUT2D eigenvalue weighted by atomic mass is 10.2. The van der Waals surface area contributed by atoms with E-state index in [9.17, 15) is 8.78 Å². The SMILES string of the molecule is CNCCCCc1nc2c3cc(F)cc(F)c3nc(NC)n2n1. The van der Waals surface area contributed by atoms with Gasteiger partial charge in [0.2, 0.25) is 5.95 Å². The lowest BCUT2D eigenvalue weighted by molar-refractivity contribution is 0.590. The maximum absolute atomic E-state index is 14.0. The molecule has 3 rings (SSSR count). The number of unbranched alkanes of at least 4 members (excludes halogenated alkanes) is 1. The van der Waals surface area contributed by atoms with Gasteiger partial charge in [-0.1, -0.05) is 0 Å². The number of hydrogen-bond acceptors (Lipinski definition) is 5. The highest BCUT2D eigenvalue weighted by Crippen LogP contribution is 2.24. The molecule has 6 nitrogen and oxygen atoms in total. The molecule has 0 saturated heterocycles. The van der Waals surface area contributed by atoms with Gasteiger partial charge in [0.05, 0.1) is 5.39 Å². The molecule has 2 N–H and O–H groups in total. The molecule has 0 atom stereocenters. The first-order valence-corrected chi connectivity index (χ1v) is 7.51. The Kier molecular flexibility index (Phi) is 4.33. The van der Waals surface area contributed by atoms with Crippen LogP contribution in [-0.2, 0) is 6.42 Å². The Morgan fingerprint density at radius 1 is 1.13 bits per heavy atom. The fourth-order valence-electron chi connectivity index (χ4n) is 2.53. The van der Waals surface area contributed by atoms with Crippen molar-refractivity contribution in [2.75, 3.05) is 26.0 Å². The van der Waals surface area contributed by atoms with Gasteiger partial charge in [0.15, 0.2) is 17.3 Å². The molecule has 2 heterocycles. The van der Waals surface area contributed by atoms with Gasteiger partial charge < -0.3 is 10.6 Å². The van der Waals surface area contributed by atoms with Crippen molar-refractivity contribution in [3.05, 3.63) is 29.6 Å². The number of fused-ring (bicyclic) bond motifs is 3. The summed E-state index contributed by atoms with van der Waals surface area (Å²) in [5.41, 5.74) is 0.485. The summed E-state index contributed by atoms with van der Waals surface area (Å²) in [6.07, 6.45) is 2.64. The minimum Gasteiger partial charge on any atom is -0.357 e. The second-order valence-corrected chi connectivity index (χ2v) is 5.29. The van der Waals surface area contributed by atoms with Gasteiger partial charge in [-0.05, 0) is 32.5 Å². The molecule has 8 heteroatoms. The predicted molar refractivity (Wildman–Crippen MR) is 84.6 cm³/mol. The molecule has 0 unspecified atom stereocenters. The van der Waals surface area contributed by atoms with Crippen LogP contribution in [-0.4, -0.2) is 40.2 Å². The van der Waals surface area contributed by atoms with Gasteiger partial charge in [-0.15, -0.1) is 5.10 Å².